The summed E-state index contributed by atoms with van der Waals surface area (Å²) in [5, 5.41) is 2.44. The predicted octanol–water partition coefficient (Wildman–Crippen LogP) is 0.292. The van der Waals surface area contributed by atoms with Crippen molar-refractivity contribution in [2.24, 2.45) is 5.73 Å². The van der Waals surface area contributed by atoms with Gasteiger partial charge < -0.3 is 11.1 Å². The van der Waals surface area contributed by atoms with Gasteiger partial charge in [0.1, 0.15) is 12.3 Å². The topological polar surface area (TPSA) is 89.3 Å². The van der Waals surface area contributed by atoms with Crippen molar-refractivity contribution in [2.75, 3.05) is 0 Å². The molecule has 3 N–H and O–H groups in total. The molecule has 16 heavy (non-hydrogen) atoms. The van der Waals surface area contributed by atoms with Crippen molar-refractivity contribution < 1.29 is 14.4 Å². The van der Waals surface area contributed by atoms with Crippen LogP contribution in [-0.2, 0) is 14.4 Å². The minimum Gasteiger partial charge on any atom is -0.368 e. The minimum absolute atomic E-state index is 0.416. The van der Waals surface area contributed by atoms with Gasteiger partial charge in [0.2, 0.25) is 11.8 Å². The Bertz CT molecular complexity index is 298. The molecule has 0 aromatic carbocycles. The van der Waals surface area contributed by atoms with E-state index in [1.165, 1.54) is 6.08 Å². The molecule has 5 nitrogen and oxygen atoms in total. The van der Waals surface area contributed by atoms with Crippen LogP contribution in [0.5, 0.6) is 0 Å². The van der Waals surface area contributed by atoms with Gasteiger partial charge in [0.15, 0.2) is 0 Å². The van der Waals surface area contributed by atoms with E-state index < -0.39 is 17.9 Å². The van der Waals surface area contributed by atoms with E-state index in [1.807, 2.05) is 6.92 Å². The molecule has 0 spiro atoms. The van der Waals surface area contributed by atoms with Crippen LogP contribution in [0.3, 0.4) is 0 Å². The Morgan fingerprint density at radius 1 is 1.38 bits per heavy atom. The molecule has 0 fully saturated rings. The highest BCUT2D eigenvalue weighted by molar-refractivity contribution is 5.96. The number of aldehydes is 1. The molecule has 0 aromatic rings. The van der Waals surface area contributed by atoms with Crippen LogP contribution in [-0.4, -0.2) is 24.1 Å². The number of nitrogens with one attached hydrogen (secondary N) is 1. The third kappa shape index (κ3) is 5.29. The first-order chi connectivity index (χ1) is 7.54. The molecular weight excluding hydrogens is 208 g/mol. The predicted molar refractivity (Wildman–Crippen MR) is 60.5 cm³/mol. The van der Waals surface area contributed by atoms with E-state index in [4.69, 9.17) is 5.73 Å². The second-order valence-electron chi connectivity index (χ2n) is 3.46. The van der Waals surface area contributed by atoms with Gasteiger partial charge in [-0.3, -0.25) is 14.4 Å². The molecule has 0 aliphatic carbocycles. The Hall–Kier alpha value is -1.65. The first-order valence-corrected chi connectivity index (χ1v) is 5.30. The van der Waals surface area contributed by atoms with Crippen LogP contribution in [0.15, 0.2) is 11.6 Å². The molecular formula is C11H18N2O3. The number of amides is 2. The van der Waals surface area contributed by atoms with Crippen LogP contribution < -0.4 is 11.1 Å². The normalized spacial score (nSPS) is 13.0. The summed E-state index contributed by atoms with van der Waals surface area (Å²) < 4.78 is 0. The summed E-state index contributed by atoms with van der Waals surface area (Å²) in [5.74, 6) is -1.03. The zero-order chi connectivity index (χ0) is 12.6. The molecule has 0 radical (unpaired) electrons. The maximum Gasteiger partial charge on any atom is 0.245 e. The van der Waals surface area contributed by atoms with E-state index in [9.17, 15) is 14.4 Å². The zero-order valence-electron chi connectivity index (χ0n) is 9.66. The van der Waals surface area contributed by atoms with Crippen LogP contribution in [0.2, 0.25) is 0 Å². The summed E-state index contributed by atoms with van der Waals surface area (Å²) in [7, 11) is 0. The number of carbonyl (C=O) groups excluding carboxylic acids is 3. The van der Waals surface area contributed by atoms with Crippen molar-refractivity contribution in [3.05, 3.63) is 11.6 Å². The van der Waals surface area contributed by atoms with Crippen molar-refractivity contribution in [3.63, 3.8) is 0 Å². The maximum absolute atomic E-state index is 11.4. The van der Waals surface area contributed by atoms with Gasteiger partial charge in [-0.25, -0.2) is 0 Å². The number of nitrogens with two attached hydrogens (primary N) is 1. The molecule has 2 amide bonds. The minimum atomic E-state index is -0.682. The van der Waals surface area contributed by atoms with Crippen LogP contribution >= 0.6 is 0 Å². The summed E-state index contributed by atoms with van der Waals surface area (Å²) in [6.45, 7) is 3.65. The van der Waals surface area contributed by atoms with Crippen molar-refractivity contribution in [2.45, 2.75) is 39.2 Å². The van der Waals surface area contributed by atoms with E-state index in [0.717, 1.165) is 6.42 Å². The third-order valence-electron chi connectivity index (χ3n) is 2.07. The lowest BCUT2D eigenvalue weighted by atomic mass is 10.1. The molecule has 0 aromatic heterocycles. The van der Waals surface area contributed by atoms with Gasteiger partial charge in [0, 0.05) is 6.08 Å². The van der Waals surface area contributed by atoms with E-state index in [0.29, 0.717) is 24.7 Å². The van der Waals surface area contributed by atoms with E-state index in [-0.39, 0.29) is 0 Å². The quantitative estimate of drug-likeness (QED) is 0.483. The molecule has 0 rings (SSSR count). The fraction of sp³-hybridized carbons (Fsp3) is 0.545. The Morgan fingerprint density at radius 3 is 2.38 bits per heavy atom. The summed E-state index contributed by atoms with van der Waals surface area (Å²) in [4.78, 5) is 32.9. The van der Waals surface area contributed by atoms with Gasteiger partial charge in [-0.1, -0.05) is 20.3 Å². The molecule has 0 aliphatic rings. The second-order valence-corrected chi connectivity index (χ2v) is 3.46. The van der Waals surface area contributed by atoms with E-state index in [1.54, 1.807) is 6.92 Å². The lowest BCUT2D eigenvalue weighted by molar-refractivity contribution is -0.125. The van der Waals surface area contributed by atoms with Crippen molar-refractivity contribution in [1.82, 2.24) is 5.32 Å². The van der Waals surface area contributed by atoms with Gasteiger partial charge in [-0.15, -0.1) is 0 Å². The molecule has 5 heteroatoms. The number of carbonyl (C=O) groups is 3. The number of hydrogen-bond donors (Lipinski definition) is 2. The van der Waals surface area contributed by atoms with Gasteiger partial charge in [-0.2, -0.15) is 0 Å². The molecule has 0 saturated heterocycles. The molecule has 0 aliphatic heterocycles. The molecule has 0 bridgehead atoms. The Kier molecular flexibility index (Phi) is 6.83. The Balaban J connectivity index is 4.44. The average molecular weight is 226 g/mol. The van der Waals surface area contributed by atoms with Gasteiger partial charge in [0.05, 0.1) is 0 Å². The highest BCUT2D eigenvalue weighted by Gasteiger charge is 2.14. The van der Waals surface area contributed by atoms with Crippen LogP contribution in [0.25, 0.3) is 0 Å². The van der Waals surface area contributed by atoms with Crippen LogP contribution in [0.1, 0.15) is 33.1 Å². The number of rotatable bonds is 7. The highest BCUT2D eigenvalue weighted by atomic mass is 16.2. The first kappa shape index (κ1) is 14.3. The fourth-order valence-electron chi connectivity index (χ4n) is 1.21. The number of allylic oxidation sites excluding steroid dienone is 1. The van der Waals surface area contributed by atoms with Gasteiger partial charge in [0.25, 0.3) is 0 Å². The smallest absolute Gasteiger partial charge is 0.245 e. The lowest BCUT2D eigenvalue weighted by Gasteiger charge is -2.11. The monoisotopic (exact) mass is 226 g/mol. The summed E-state index contributed by atoms with van der Waals surface area (Å²) >= 11 is 0. The standard InChI is InChI=1S/C11H18N2O3/c1-3-5-8(7-14)6-10(15)13-9(4-2)11(12)16/h6-7,9H,3-5H2,1-2H3,(H2,12,16)(H,13,15)/b8-6-/t9-/m0/s1. The summed E-state index contributed by atoms with van der Waals surface area (Å²) in [6.07, 6.45) is 3.62. The van der Waals surface area contributed by atoms with Crippen LogP contribution in [0, 0.1) is 0 Å². The van der Waals surface area contributed by atoms with Crippen LogP contribution in [0.4, 0.5) is 0 Å². The summed E-state index contributed by atoms with van der Waals surface area (Å²) in [5.41, 5.74) is 5.49. The average Bonchev–Trinajstić information content (AvgIpc) is 2.24. The van der Waals surface area contributed by atoms with Crippen molar-refractivity contribution in [1.29, 1.82) is 0 Å². The summed E-state index contributed by atoms with van der Waals surface area (Å²) in [6, 6.07) is -0.682. The van der Waals surface area contributed by atoms with Crippen molar-refractivity contribution in [3.8, 4) is 0 Å². The maximum atomic E-state index is 11.4. The first-order valence-electron chi connectivity index (χ1n) is 5.30. The van der Waals surface area contributed by atoms with Crippen molar-refractivity contribution >= 4 is 18.1 Å². The van der Waals surface area contributed by atoms with Gasteiger partial charge in [-0.05, 0) is 18.4 Å². The lowest BCUT2D eigenvalue weighted by Crippen LogP contribution is -2.43. The number of primary amides is 1. The molecule has 0 unspecified atom stereocenters. The third-order valence-corrected chi connectivity index (χ3v) is 2.07. The molecule has 90 valence electrons. The molecule has 0 heterocycles. The Labute approximate surface area is 95.1 Å². The molecule has 1 atom stereocenters. The number of hydrogen-bond acceptors (Lipinski definition) is 3. The highest BCUT2D eigenvalue weighted by Crippen LogP contribution is 2.01. The van der Waals surface area contributed by atoms with E-state index >= 15 is 0 Å². The molecule has 0 saturated carbocycles. The zero-order valence-corrected chi connectivity index (χ0v) is 9.66. The fourth-order valence-corrected chi connectivity index (χ4v) is 1.21. The van der Waals surface area contributed by atoms with E-state index in [2.05, 4.69) is 5.32 Å². The SMILES string of the molecule is CCC/C(C=O)=C/C(=O)N[C@@H](CC)C(N)=O. The second kappa shape index (κ2) is 7.62. The Morgan fingerprint density at radius 2 is 2.00 bits per heavy atom. The van der Waals surface area contributed by atoms with Gasteiger partial charge >= 0.3 is 0 Å². The largest absolute Gasteiger partial charge is 0.368 e.